The minimum atomic E-state index is 0.120. The maximum Gasteiger partial charge on any atom is 0.0697 e. The van der Waals surface area contributed by atoms with E-state index in [1.165, 1.54) is 43.2 Å². The second-order valence-electron chi connectivity index (χ2n) is 6.05. The molecule has 1 aromatic carbocycles. The van der Waals surface area contributed by atoms with Crippen molar-refractivity contribution in [1.29, 1.82) is 0 Å². The fourth-order valence-corrected chi connectivity index (χ4v) is 3.19. The molecule has 1 aromatic rings. The molecule has 1 unspecified atom stereocenters. The van der Waals surface area contributed by atoms with E-state index in [1.54, 1.807) is 0 Å². The highest BCUT2D eigenvalue weighted by atomic mass is 16.5. The summed E-state index contributed by atoms with van der Waals surface area (Å²) in [6.07, 6.45) is 7.20. The van der Waals surface area contributed by atoms with E-state index in [2.05, 4.69) is 43.4 Å². The highest BCUT2D eigenvalue weighted by molar-refractivity contribution is 5.25. The molecule has 1 saturated carbocycles. The van der Waals surface area contributed by atoms with Crippen molar-refractivity contribution < 1.29 is 4.74 Å². The fourth-order valence-electron chi connectivity index (χ4n) is 3.19. The van der Waals surface area contributed by atoms with Crippen LogP contribution >= 0.6 is 0 Å². The van der Waals surface area contributed by atoms with Crippen molar-refractivity contribution in [1.82, 2.24) is 5.32 Å². The van der Waals surface area contributed by atoms with Crippen molar-refractivity contribution in [3.05, 3.63) is 35.4 Å². The standard InChI is InChI=1S/C18H29NO/c1-4-7-15-8-10-16(11-9-15)17(19-5-2)14-18(20-3)12-6-13-18/h8-11,17,19H,4-7,12-14H2,1-3H3. The van der Waals surface area contributed by atoms with Crippen LogP contribution in [0.25, 0.3) is 0 Å². The van der Waals surface area contributed by atoms with E-state index >= 15 is 0 Å². The first-order valence-electron chi connectivity index (χ1n) is 8.10. The lowest BCUT2D eigenvalue weighted by molar-refractivity contribution is -0.0837. The SMILES string of the molecule is CCCc1ccc(C(CC2(OC)CCC2)NCC)cc1. The Labute approximate surface area is 123 Å². The Morgan fingerprint density at radius 1 is 1.20 bits per heavy atom. The molecule has 0 aromatic heterocycles. The quantitative estimate of drug-likeness (QED) is 0.766. The number of methoxy groups -OCH3 is 1. The number of benzene rings is 1. The molecule has 0 bridgehead atoms. The van der Waals surface area contributed by atoms with Crippen molar-refractivity contribution in [3.63, 3.8) is 0 Å². The van der Waals surface area contributed by atoms with Gasteiger partial charge in [0.25, 0.3) is 0 Å². The molecule has 0 amide bonds. The van der Waals surface area contributed by atoms with Gasteiger partial charge in [0, 0.05) is 13.2 Å². The molecule has 0 aliphatic heterocycles. The van der Waals surface area contributed by atoms with Gasteiger partial charge >= 0.3 is 0 Å². The van der Waals surface area contributed by atoms with Crippen molar-refractivity contribution in [3.8, 4) is 0 Å². The van der Waals surface area contributed by atoms with Gasteiger partial charge in [0.1, 0.15) is 0 Å². The lowest BCUT2D eigenvalue weighted by atomic mass is 9.74. The molecular weight excluding hydrogens is 246 g/mol. The van der Waals surface area contributed by atoms with Gasteiger partial charge in [-0.05, 0) is 49.8 Å². The van der Waals surface area contributed by atoms with Crippen molar-refractivity contribution >= 4 is 0 Å². The van der Waals surface area contributed by atoms with Gasteiger partial charge in [0.2, 0.25) is 0 Å². The predicted octanol–water partition coefficient (Wildman–Crippen LogP) is 4.25. The van der Waals surface area contributed by atoms with Crippen molar-refractivity contribution in [2.24, 2.45) is 0 Å². The average Bonchev–Trinajstić information content (AvgIpc) is 2.43. The maximum absolute atomic E-state index is 5.79. The summed E-state index contributed by atoms with van der Waals surface area (Å²) in [7, 11) is 1.87. The first-order chi connectivity index (χ1) is 9.73. The summed E-state index contributed by atoms with van der Waals surface area (Å²) in [5.41, 5.74) is 2.96. The first kappa shape index (κ1) is 15.5. The Kier molecular flexibility index (Phi) is 5.62. The normalized spacial score (nSPS) is 18.6. The van der Waals surface area contributed by atoms with E-state index in [9.17, 15) is 0 Å². The van der Waals surface area contributed by atoms with Gasteiger partial charge in [-0.15, -0.1) is 0 Å². The summed E-state index contributed by atoms with van der Waals surface area (Å²) in [6, 6.07) is 9.56. The second kappa shape index (κ2) is 7.24. The summed E-state index contributed by atoms with van der Waals surface area (Å²) in [4.78, 5) is 0. The van der Waals surface area contributed by atoms with Crippen LogP contribution in [0.5, 0.6) is 0 Å². The van der Waals surface area contributed by atoms with Crippen LogP contribution in [0.1, 0.15) is 63.1 Å². The van der Waals surface area contributed by atoms with Crippen LogP contribution in [0.3, 0.4) is 0 Å². The number of ether oxygens (including phenoxy) is 1. The molecule has 2 rings (SSSR count). The van der Waals surface area contributed by atoms with Crippen LogP contribution in [0.4, 0.5) is 0 Å². The Bertz CT molecular complexity index is 389. The molecule has 1 N–H and O–H groups in total. The number of hydrogen-bond acceptors (Lipinski definition) is 2. The van der Waals surface area contributed by atoms with Gasteiger partial charge in [0.15, 0.2) is 0 Å². The fraction of sp³-hybridized carbons (Fsp3) is 0.667. The Morgan fingerprint density at radius 3 is 2.35 bits per heavy atom. The molecule has 1 aliphatic rings. The molecular formula is C18H29NO. The molecule has 0 heterocycles. The summed E-state index contributed by atoms with van der Waals surface area (Å²) in [5.74, 6) is 0. The van der Waals surface area contributed by atoms with E-state index < -0.39 is 0 Å². The highest BCUT2D eigenvalue weighted by Crippen LogP contribution is 2.41. The van der Waals surface area contributed by atoms with E-state index in [0.29, 0.717) is 6.04 Å². The predicted molar refractivity (Wildman–Crippen MR) is 85.1 cm³/mol. The van der Waals surface area contributed by atoms with Crippen LogP contribution in [0.2, 0.25) is 0 Å². The minimum Gasteiger partial charge on any atom is -0.378 e. The Hall–Kier alpha value is -0.860. The number of rotatable bonds is 8. The smallest absolute Gasteiger partial charge is 0.0697 e. The zero-order chi connectivity index (χ0) is 14.4. The van der Waals surface area contributed by atoms with E-state index in [1.807, 2.05) is 7.11 Å². The van der Waals surface area contributed by atoms with Crippen LogP contribution in [-0.2, 0) is 11.2 Å². The molecule has 1 atom stereocenters. The van der Waals surface area contributed by atoms with E-state index in [-0.39, 0.29) is 5.60 Å². The molecule has 2 nitrogen and oxygen atoms in total. The highest BCUT2D eigenvalue weighted by Gasteiger charge is 2.39. The summed E-state index contributed by atoms with van der Waals surface area (Å²) in [5, 5.41) is 3.63. The lowest BCUT2D eigenvalue weighted by Gasteiger charge is -2.43. The summed E-state index contributed by atoms with van der Waals surface area (Å²) < 4.78 is 5.79. The monoisotopic (exact) mass is 275 g/mol. The van der Waals surface area contributed by atoms with Gasteiger partial charge < -0.3 is 10.1 Å². The van der Waals surface area contributed by atoms with Gasteiger partial charge in [-0.3, -0.25) is 0 Å². The van der Waals surface area contributed by atoms with Gasteiger partial charge in [-0.25, -0.2) is 0 Å². The largest absolute Gasteiger partial charge is 0.378 e. The zero-order valence-electron chi connectivity index (χ0n) is 13.2. The molecule has 20 heavy (non-hydrogen) atoms. The van der Waals surface area contributed by atoms with Crippen LogP contribution in [-0.4, -0.2) is 19.3 Å². The Morgan fingerprint density at radius 2 is 1.90 bits per heavy atom. The van der Waals surface area contributed by atoms with Gasteiger partial charge in [-0.1, -0.05) is 44.5 Å². The van der Waals surface area contributed by atoms with Crippen molar-refractivity contribution in [2.45, 2.75) is 64.0 Å². The number of aryl methyl sites for hydroxylation is 1. The molecule has 1 fully saturated rings. The topological polar surface area (TPSA) is 21.3 Å². The van der Waals surface area contributed by atoms with E-state index in [4.69, 9.17) is 4.74 Å². The molecule has 0 spiro atoms. The first-order valence-corrected chi connectivity index (χ1v) is 8.10. The van der Waals surface area contributed by atoms with Crippen LogP contribution in [0, 0.1) is 0 Å². The maximum atomic E-state index is 5.79. The third-order valence-electron chi connectivity index (χ3n) is 4.65. The summed E-state index contributed by atoms with van der Waals surface area (Å²) in [6.45, 7) is 5.41. The van der Waals surface area contributed by atoms with Gasteiger partial charge in [0.05, 0.1) is 5.60 Å². The summed E-state index contributed by atoms with van der Waals surface area (Å²) >= 11 is 0. The molecule has 1 aliphatic carbocycles. The molecule has 112 valence electrons. The zero-order valence-corrected chi connectivity index (χ0v) is 13.2. The number of nitrogens with one attached hydrogen (secondary N) is 1. The van der Waals surface area contributed by atoms with Crippen LogP contribution < -0.4 is 5.32 Å². The van der Waals surface area contributed by atoms with Crippen molar-refractivity contribution in [2.75, 3.05) is 13.7 Å². The average molecular weight is 275 g/mol. The molecule has 0 radical (unpaired) electrons. The van der Waals surface area contributed by atoms with Gasteiger partial charge in [-0.2, -0.15) is 0 Å². The lowest BCUT2D eigenvalue weighted by Crippen LogP contribution is -2.42. The third-order valence-corrected chi connectivity index (χ3v) is 4.65. The van der Waals surface area contributed by atoms with E-state index in [0.717, 1.165) is 13.0 Å². The van der Waals surface area contributed by atoms with Crippen LogP contribution in [0.15, 0.2) is 24.3 Å². The Balaban J connectivity index is 2.07. The second-order valence-corrected chi connectivity index (χ2v) is 6.05. The number of hydrogen-bond donors (Lipinski definition) is 1. The minimum absolute atomic E-state index is 0.120. The molecule has 0 saturated heterocycles. The molecule has 2 heteroatoms. The third kappa shape index (κ3) is 3.62.